The molecule has 1 nitrogen and oxygen atoms in total. The van der Waals surface area contributed by atoms with Gasteiger partial charge in [0.05, 0.1) is 0 Å². The largest absolute Gasteiger partial charge is 0.311 e. The van der Waals surface area contributed by atoms with Crippen molar-refractivity contribution in [3.05, 3.63) is 0 Å². The maximum Gasteiger partial charge on any atom is 0.0219 e. The van der Waals surface area contributed by atoms with Gasteiger partial charge in [-0.25, -0.2) is 0 Å². The zero-order valence-electron chi connectivity index (χ0n) is 6.11. The molecule has 1 heterocycles. The Morgan fingerprint density at radius 1 is 1.44 bits per heavy atom. The normalized spacial score (nSPS) is 49.7. The molecule has 2 aliphatic rings. The summed E-state index contributed by atoms with van der Waals surface area (Å²) in [5, 5.41) is 3.57. The van der Waals surface area contributed by atoms with Crippen molar-refractivity contribution in [3.63, 3.8) is 0 Å². The Bertz CT molecular complexity index is 116. The molecule has 0 unspecified atom stereocenters. The lowest BCUT2D eigenvalue weighted by atomic mass is 9.79. The van der Waals surface area contributed by atoms with Crippen molar-refractivity contribution in [2.75, 3.05) is 6.54 Å². The lowest BCUT2D eigenvalue weighted by molar-refractivity contribution is 0.159. The molecule has 0 aromatic heterocycles. The summed E-state index contributed by atoms with van der Waals surface area (Å²) < 4.78 is 0. The zero-order chi connectivity index (χ0) is 6.32. The van der Waals surface area contributed by atoms with Crippen molar-refractivity contribution in [3.8, 4) is 0 Å². The summed E-state index contributed by atoms with van der Waals surface area (Å²) in [6.07, 6.45) is 5.78. The van der Waals surface area contributed by atoms with Gasteiger partial charge in [-0.2, -0.15) is 0 Å². The van der Waals surface area contributed by atoms with Gasteiger partial charge in [0.15, 0.2) is 0 Å². The Balaban J connectivity index is 2.09. The van der Waals surface area contributed by atoms with Crippen LogP contribution in [0.4, 0.5) is 0 Å². The summed E-state index contributed by atoms with van der Waals surface area (Å²) in [7, 11) is 0. The van der Waals surface area contributed by atoms with Crippen LogP contribution < -0.4 is 5.32 Å². The van der Waals surface area contributed by atoms with Crippen molar-refractivity contribution in [2.24, 2.45) is 5.92 Å². The van der Waals surface area contributed by atoms with Crippen molar-refractivity contribution < 1.29 is 0 Å². The number of hydrogen-bond acceptors (Lipinski definition) is 1. The van der Waals surface area contributed by atoms with Gasteiger partial charge in [-0.1, -0.05) is 13.3 Å². The van der Waals surface area contributed by atoms with E-state index in [0.717, 1.165) is 5.92 Å². The lowest BCUT2D eigenvalue weighted by Crippen LogP contribution is -2.58. The first-order valence-corrected chi connectivity index (χ1v) is 4.08. The van der Waals surface area contributed by atoms with Crippen LogP contribution in [0.1, 0.15) is 32.6 Å². The van der Waals surface area contributed by atoms with Gasteiger partial charge in [0.25, 0.3) is 0 Å². The molecule has 1 heteroatoms. The summed E-state index contributed by atoms with van der Waals surface area (Å²) in [6, 6.07) is 0. The second-order valence-corrected chi connectivity index (χ2v) is 3.63. The molecule has 1 saturated heterocycles. The van der Waals surface area contributed by atoms with Gasteiger partial charge < -0.3 is 5.32 Å². The van der Waals surface area contributed by atoms with Crippen LogP contribution >= 0.6 is 0 Å². The summed E-state index contributed by atoms with van der Waals surface area (Å²) in [5.74, 6) is 0.950. The highest BCUT2D eigenvalue weighted by Crippen LogP contribution is 2.41. The average molecular weight is 125 g/mol. The molecule has 0 radical (unpaired) electrons. The van der Waals surface area contributed by atoms with Crippen LogP contribution in [0.15, 0.2) is 0 Å². The molecule has 0 aromatic rings. The molecule has 9 heavy (non-hydrogen) atoms. The van der Waals surface area contributed by atoms with E-state index in [4.69, 9.17) is 0 Å². The monoisotopic (exact) mass is 125 g/mol. The average Bonchev–Trinajstić information content (AvgIpc) is 2.07. The van der Waals surface area contributed by atoms with Crippen LogP contribution in [0, 0.1) is 5.92 Å². The van der Waals surface area contributed by atoms with Crippen LogP contribution in [0.5, 0.6) is 0 Å². The van der Waals surface area contributed by atoms with Gasteiger partial charge in [0.2, 0.25) is 0 Å². The molecule has 1 N–H and O–H groups in total. The van der Waals surface area contributed by atoms with Crippen LogP contribution in [0.25, 0.3) is 0 Å². The predicted molar refractivity (Wildman–Crippen MR) is 38.4 cm³/mol. The van der Waals surface area contributed by atoms with Crippen LogP contribution in [-0.2, 0) is 0 Å². The molecule has 0 aromatic carbocycles. The minimum absolute atomic E-state index is 0.625. The van der Waals surface area contributed by atoms with Gasteiger partial charge in [-0.05, 0) is 31.7 Å². The molecule has 0 amide bonds. The highest BCUT2D eigenvalue weighted by Gasteiger charge is 2.44. The fourth-order valence-electron chi connectivity index (χ4n) is 2.33. The Labute approximate surface area is 56.8 Å². The van der Waals surface area contributed by atoms with E-state index in [1.165, 1.54) is 32.2 Å². The Hall–Kier alpha value is -0.0400. The van der Waals surface area contributed by atoms with Crippen molar-refractivity contribution in [1.82, 2.24) is 5.32 Å². The number of hydrogen-bond donors (Lipinski definition) is 1. The third-order valence-corrected chi connectivity index (χ3v) is 3.25. The lowest BCUT2D eigenvalue weighted by Gasteiger charge is -2.44. The van der Waals surface area contributed by atoms with Gasteiger partial charge in [0, 0.05) is 5.54 Å². The minimum atomic E-state index is 0.625. The van der Waals surface area contributed by atoms with Gasteiger partial charge >= 0.3 is 0 Å². The molecular formula is C8H15N. The Morgan fingerprint density at radius 2 is 2.22 bits per heavy atom. The summed E-state index contributed by atoms with van der Waals surface area (Å²) in [6.45, 7) is 3.66. The molecule has 2 rings (SSSR count). The van der Waals surface area contributed by atoms with E-state index < -0.39 is 0 Å². The first-order valence-electron chi connectivity index (χ1n) is 4.08. The van der Waals surface area contributed by atoms with Crippen LogP contribution in [-0.4, -0.2) is 12.1 Å². The number of rotatable bonds is 0. The standard InChI is InChI=1S/C8H15N/c1-7-3-2-4-8(7)5-6-9-8/h7,9H,2-6H2,1H3/t7-,8-/m1/s1. The third kappa shape index (κ3) is 0.644. The molecule has 0 bridgehead atoms. The Morgan fingerprint density at radius 3 is 2.44 bits per heavy atom. The molecule has 1 spiro atoms. The molecule has 1 aliphatic carbocycles. The van der Waals surface area contributed by atoms with E-state index in [0.29, 0.717) is 5.54 Å². The fraction of sp³-hybridized carbons (Fsp3) is 1.00. The quantitative estimate of drug-likeness (QED) is 0.518. The molecule has 2 fully saturated rings. The van der Waals surface area contributed by atoms with E-state index in [1.807, 2.05) is 0 Å². The van der Waals surface area contributed by atoms with Crippen molar-refractivity contribution >= 4 is 0 Å². The fourth-order valence-corrected chi connectivity index (χ4v) is 2.33. The highest BCUT2D eigenvalue weighted by molar-refractivity contribution is 5.03. The SMILES string of the molecule is C[C@@H]1CCC[C@@]12CCN2. The van der Waals surface area contributed by atoms with Crippen molar-refractivity contribution in [2.45, 2.75) is 38.1 Å². The number of nitrogens with one attached hydrogen (secondary N) is 1. The first-order chi connectivity index (χ1) is 4.33. The molecule has 1 saturated carbocycles. The van der Waals surface area contributed by atoms with Gasteiger partial charge in [-0.15, -0.1) is 0 Å². The van der Waals surface area contributed by atoms with Gasteiger partial charge in [0.1, 0.15) is 0 Å². The van der Waals surface area contributed by atoms with E-state index in [-0.39, 0.29) is 0 Å². The third-order valence-electron chi connectivity index (χ3n) is 3.25. The van der Waals surface area contributed by atoms with E-state index >= 15 is 0 Å². The van der Waals surface area contributed by atoms with E-state index in [2.05, 4.69) is 12.2 Å². The smallest absolute Gasteiger partial charge is 0.0219 e. The minimum Gasteiger partial charge on any atom is -0.311 e. The van der Waals surface area contributed by atoms with Crippen LogP contribution in [0.2, 0.25) is 0 Å². The summed E-state index contributed by atoms with van der Waals surface area (Å²) in [5.41, 5.74) is 0.625. The van der Waals surface area contributed by atoms with E-state index in [1.54, 1.807) is 0 Å². The second kappa shape index (κ2) is 1.72. The molecule has 1 aliphatic heterocycles. The van der Waals surface area contributed by atoms with Crippen LogP contribution in [0.3, 0.4) is 0 Å². The van der Waals surface area contributed by atoms with Gasteiger partial charge in [-0.3, -0.25) is 0 Å². The maximum atomic E-state index is 3.57. The first kappa shape index (κ1) is 5.72. The topological polar surface area (TPSA) is 12.0 Å². The summed E-state index contributed by atoms with van der Waals surface area (Å²) >= 11 is 0. The molecule has 52 valence electrons. The van der Waals surface area contributed by atoms with E-state index in [9.17, 15) is 0 Å². The zero-order valence-corrected chi connectivity index (χ0v) is 6.11. The highest BCUT2D eigenvalue weighted by atomic mass is 15.1. The second-order valence-electron chi connectivity index (χ2n) is 3.63. The molecular weight excluding hydrogens is 110 g/mol. The predicted octanol–water partition coefficient (Wildman–Crippen LogP) is 1.54. The maximum absolute atomic E-state index is 3.57. The van der Waals surface area contributed by atoms with Crippen molar-refractivity contribution in [1.29, 1.82) is 0 Å². The Kier molecular flexibility index (Phi) is 1.10. The molecule has 2 atom stereocenters. The summed E-state index contributed by atoms with van der Waals surface area (Å²) in [4.78, 5) is 0.